The van der Waals surface area contributed by atoms with E-state index in [0.717, 1.165) is 23.5 Å². The Bertz CT molecular complexity index is 1070. The van der Waals surface area contributed by atoms with Gasteiger partial charge >= 0.3 is 0 Å². The molecule has 4 heterocycles. The molecule has 0 N–H and O–H groups in total. The highest BCUT2D eigenvalue weighted by molar-refractivity contribution is 5.77. The van der Waals surface area contributed by atoms with Crippen LogP contribution in [0.5, 0.6) is 0 Å². The van der Waals surface area contributed by atoms with Gasteiger partial charge in [0.2, 0.25) is 5.91 Å². The van der Waals surface area contributed by atoms with E-state index in [2.05, 4.69) is 4.98 Å². The zero-order chi connectivity index (χ0) is 19.1. The maximum atomic E-state index is 13.1. The number of fused-ring (bicyclic) bond motifs is 4. The molecule has 2 bridgehead atoms. The average molecular weight is 374 g/mol. The number of hydrogen-bond donors (Lipinski definition) is 0. The van der Waals surface area contributed by atoms with Gasteiger partial charge in [-0.05, 0) is 18.4 Å². The summed E-state index contributed by atoms with van der Waals surface area (Å²) >= 11 is 0. The Hall–Kier alpha value is -3.15. The number of benzene rings is 1. The maximum absolute atomic E-state index is 13.1. The number of aromatic nitrogens is 3. The van der Waals surface area contributed by atoms with Gasteiger partial charge in [0, 0.05) is 55.3 Å². The molecule has 1 fully saturated rings. The smallest absolute Gasteiger partial charge is 0.250 e. The second-order valence-corrected chi connectivity index (χ2v) is 7.74. The predicted octanol–water partition coefficient (Wildman–Crippen LogP) is 2.36. The Kier molecular flexibility index (Phi) is 4.11. The lowest BCUT2D eigenvalue weighted by atomic mass is 9.83. The predicted molar refractivity (Wildman–Crippen MR) is 106 cm³/mol. The van der Waals surface area contributed by atoms with Gasteiger partial charge in [0.15, 0.2) is 0 Å². The molecule has 2 aromatic heterocycles. The van der Waals surface area contributed by atoms with E-state index in [9.17, 15) is 9.59 Å². The van der Waals surface area contributed by atoms with Crippen LogP contribution in [0.15, 0.2) is 65.7 Å². The Labute approximate surface area is 163 Å². The highest BCUT2D eigenvalue weighted by atomic mass is 16.2. The number of piperidine rings is 1. The number of likely N-dealkylation sites (tertiary alicyclic amines) is 1. The Balaban J connectivity index is 1.36. The molecule has 6 heteroatoms. The lowest BCUT2D eigenvalue weighted by molar-refractivity contribution is -0.134. The fourth-order valence-electron chi connectivity index (χ4n) is 4.63. The minimum Gasteiger partial charge on any atom is -0.340 e. The molecule has 0 unspecified atom stereocenters. The van der Waals surface area contributed by atoms with Gasteiger partial charge in [-0.25, -0.2) is 4.98 Å². The van der Waals surface area contributed by atoms with Crippen LogP contribution in [-0.4, -0.2) is 38.0 Å². The first-order valence-electron chi connectivity index (χ1n) is 9.73. The van der Waals surface area contributed by atoms with Crippen LogP contribution in [0.25, 0.3) is 11.4 Å². The van der Waals surface area contributed by atoms with Gasteiger partial charge in [-0.15, -0.1) is 0 Å². The maximum Gasteiger partial charge on any atom is 0.250 e. The van der Waals surface area contributed by atoms with Crippen LogP contribution in [0, 0.1) is 5.92 Å². The number of imidazole rings is 1. The van der Waals surface area contributed by atoms with Crippen molar-refractivity contribution < 1.29 is 4.79 Å². The molecule has 2 aliphatic heterocycles. The first kappa shape index (κ1) is 17.0. The molecular weight excluding hydrogens is 352 g/mol. The van der Waals surface area contributed by atoms with Crippen molar-refractivity contribution >= 4 is 5.91 Å². The fourth-order valence-corrected chi connectivity index (χ4v) is 4.63. The topological polar surface area (TPSA) is 60.1 Å². The van der Waals surface area contributed by atoms with E-state index < -0.39 is 0 Å². The molecule has 0 aliphatic carbocycles. The number of amides is 1. The van der Waals surface area contributed by atoms with Crippen molar-refractivity contribution in [3.05, 3.63) is 77.0 Å². The molecule has 1 aromatic carbocycles. The third-order valence-corrected chi connectivity index (χ3v) is 5.89. The highest BCUT2D eigenvalue weighted by Crippen LogP contribution is 2.35. The third-order valence-electron chi connectivity index (χ3n) is 5.89. The van der Waals surface area contributed by atoms with Crippen LogP contribution in [0.3, 0.4) is 0 Å². The van der Waals surface area contributed by atoms with Crippen molar-refractivity contribution in [1.29, 1.82) is 0 Å². The Morgan fingerprint density at radius 2 is 1.89 bits per heavy atom. The zero-order valence-electron chi connectivity index (χ0n) is 15.6. The largest absolute Gasteiger partial charge is 0.340 e. The molecule has 142 valence electrons. The lowest BCUT2D eigenvalue weighted by Gasteiger charge is -2.42. The molecular formula is C22H22N4O2. The van der Waals surface area contributed by atoms with Gasteiger partial charge in [-0.1, -0.05) is 36.4 Å². The minimum absolute atomic E-state index is 0.0675. The molecule has 6 nitrogen and oxygen atoms in total. The SMILES string of the molecule is O=C(Cn1ccnc1-c1ccccc1)N1C[C@@H]2C[C@@H](C1)c1cccc(=O)n1C2. The van der Waals surface area contributed by atoms with Gasteiger partial charge in [-0.3, -0.25) is 9.59 Å². The summed E-state index contributed by atoms with van der Waals surface area (Å²) in [5.74, 6) is 1.49. The van der Waals surface area contributed by atoms with Crippen LogP contribution >= 0.6 is 0 Å². The number of hydrogen-bond acceptors (Lipinski definition) is 3. The van der Waals surface area contributed by atoms with Crippen molar-refractivity contribution in [1.82, 2.24) is 19.0 Å². The van der Waals surface area contributed by atoms with Gasteiger partial charge in [-0.2, -0.15) is 0 Å². The summed E-state index contributed by atoms with van der Waals surface area (Å²) in [6.07, 6.45) is 4.65. The van der Waals surface area contributed by atoms with Crippen LogP contribution in [0.2, 0.25) is 0 Å². The summed E-state index contributed by atoms with van der Waals surface area (Å²) in [7, 11) is 0. The molecule has 0 saturated carbocycles. The van der Waals surface area contributed by atoms with E-state index in [1.807, 2.05) is 62.7 Å². The Morgan fingerprint density at radius 3 is 2.75 bits per heavy atom. The number of nitrogens with zero attached hydrogens (tertiary/aromatic N) is 4. The second-order valence-electron chi connectivity index (χ2n) is 7.74. The molecule has 2 aliphatic rings. The molecule has 1 amide bonds. The van der Waals surface area contributed by atoms with Crippen molar-refractivity contribution in [2.45, 2.75) is 25.4 Å². The minimum atomic E-state index is 0.0675. The molecule has 2 atom stereocenters. The van der Waals surface area contributed by atoms with Gasteiger partial charge in [0.05, 0.1) is 0 Å². The highest BCUT2D eigenvalue weighted by Gasteiger charge is 2.36. The van der Waals surface area contributed by atoms with Crippen LogP contribution in [0.1, 0.15) is 18.0 Å². The van der Waals surface area contributed by atoms with Crippen LogP contribution < -0.4 is 5.56 Å². The monoisotopic (exact) mass is 374 g/mol. The summed E-state index contributed by atoms with van der Waals surface area (Å²) in [6.45, 7) is 2.38. The molecule has 28 heavy (non-hydrogen) atoms. The molecule has 0 spiro atoms. The Morgan fingerprint density at radius 1 is 1.04 bits per heavy atom. The zero-order valence-corrected chi connectivity index (χ0v) is 15.6. The van der Waals surface area contributed by atoms with Gasteiger partial charge in [0.25, 0.3) is 5.56 Å². The van der Waals surface area contributed by atoms with Crippen molar-refractivity contribution in [3.8, 4) is 11.4 Å². The van der Waals surface area contributed by atoms with Crippen LogP contribution in [-0.2, 0) is 17.9 Å². The first-order chi connectivity index (χ1) is 13.7. The summed E-state index contributed by atoms with van der Waals surface area (Å²) in [6, 6.07) is 15.4. The summed E-state index contributed by atoms with van der Waals surface area (Å²) in [5, 5.41) is 0. The number of pyridine rings is 1. The van der Waals surface area contributed by atoms with Crippen molar-refractivity contribution in [2.75, 3.05) is 13.1 Å². The first-order valence-corrected chi connectivity index (χ1v) is 9.73. The van der Waals surface area contributed by atoms with E-state index in [1.165, 1.54) is 0 Å². The standard InChI is InChI=1S/C22H22N4O2/c27-20-8-4-7-19-18-11-16(13-26(19)20)12-25(14-18)21(28)15-24-10-9-23-22(24)17-5-2-1-3-6-17/h1-10,16,18H,11-15H2/t16-,18-/m0/s1. The van der Waals surface area contributed by atoms with E-state index in [0.29, 0.717) is 25.6 Å². The van der Waals surface area contributed by atoms with Crippen LogP contribution in [0.4, 0.5) is 0 Å². The van der Waals surface area contributed by atoms with E-state index in [-0.39, 0.29) is 23.9 Å². The summed E-state index contributed by atoms with van der Waals surface area (Å²) < 4.78 is 3.81. The van der Waals surface area contributed by atoms with Crippen molar-refractivity contribution in [3.63, 3.8) is 0 Å². The van der Waals surface area contributed by atoms with Crippen molar-refractivity contribution in [2.24, 2.45) is 5.92 Å². The second kappa shape index (κ2) is 6.78. The summed E-state index contributed by atoms with van der Waals surface area (Å²) in [4.78, 5) is 31.6. The summed E-state index contributed by atoms with van der Waals surface area (Å²) in [5.41, 5.74) is 2.14. The number of carbonyl (C=O) groups excluding carboxylic acids is 1. The van der Waals surface area contributed by atoms with E-state index in [1.54, 1.807) is 12.3 Å². The van der Waals surface area contributed by atoms with Gasteiger partial charge < -0.3 is 14.0 Å². The molecule has 3 aromatic rings. The van der Waals surface area contributed by atoms with E-state index in [4.69, 9.17) is 0 Å². The van der Waals surface area contributed by atoms with Gasteiger partial charge in [0.1, 0.15) is 12.4 Å². The quantitative estimate of drug-likeness (QED) is 0.707. The molecule has 1 saturated heterocycles. The average Bonchev–Trinajstić information content (AvgIpc) is 3.17. The lowest BCUT2D eigenvalue weighted by Crippen LogP contribution is -2.49. The number of carbonyl (C=O) groups is 1. The third kappa shape index (κ3) is 2.95. The number of rotatable bonds is 3. The van der Waals surface area contributed by atoms with E-state index >= 15 is 0 Å². The molecule has 0 radical (unpaired) electrons. The fraction of sp³-hybridized carbons (Fsp3) is 0.318. The normalized spacial score (nSPS) is 20.6. The molecule has 5 rings (SSSR count).